The van der Waals surface area contributed by atoms with Gasteiger partial charge in [0.05, 0.1) is 12.8 Å². The van der Waals surface area contributed by atoms with E-state index in [2.05, 4.69) is 25.5 Å². The van der Waals surface area contributed by atoms with Crippen LogP contribution in [0.3, 0.4) is 0 Å². The summed E-state index contributed by atoms with van der Waals surface area (Å²) in [5, 5.41) is 0. The fourth-order valence-corrected chi connectivity index (χ4v) is 2.68. The minimum Gasteiger partial charge on any atom is -0.496 e. The van der Waals surface area contributed by atoms with Crippen molar-refractivity contribution in [1.29, 1.82) is 0 Å². The van der Waals surface area contributed by atoms with E-state index in [1.807, 2.05) is 31.3 Å². The topological polar surface area (TPSA) is 53.1 Å². The highest BCUT2D eigenvalue weighted by atomic mass is 79.9. The summed E-state index contributed by atoms with van der Waals surface area (Å²) in [7, 11) is 3.66. The maximum absolute atomic E-state index is 5.59. The molecule has 5 heteroatoms. The van der Waals surface area contributed by atoms with E-state index in [0.717, 1.165) is 33.9 Å². The number of hydrogen-bond acceptors (Lipinski definition) is 3. The summed E-state index contributed by atoms with van der Waals surface area (Å²) in [6.45, 7) is 0.586. The van der Waals surface area contributed by atoms with Gasteiger partial charge in [-0.05, 0) is 34.6 Å². The summed E-state index contributed by atoms with van der Waals surface area (Å²) in [5.74, 6) is 1.80. The van der Waals surface area contributed by atoms with Gasteiger partial charge in [-0.3, -0.25) is 0 Å². The van der Waals surface area contributed by atoms with E-state index in [9.17, 15) is 0 Å². The lowest BCUT2D eigenvalue weighted by atomic mass is 10.1. The molecule has 0 aliphatic rings. The second-order valence-electron chi connectivity index (χ2n) is 3.97. The molecule has 0 spiro atoms. The summed E-state index contributed by atoms with van der Waals surface area (Å²) in [4.78, 5) is 4.50. The molecule has 4 nitrogen and oxygen atoms in total. The molecular formula is C13H16BrN3O. The molecule has 0 aliphatic heterocycles. The van der Waals surface area contributed by atoms with Crippen LogP contribution in [0.4, 0.5) is 0 Å². The largest absolute Gasteiger partial charge is 0.496 e. The normalized spacial score (nSPS) is 10.7. The number of halogens is 1. The second kappa shape index (κ2) is 5.54. The number of para-hydroxylation sites is 1. The molecule has 0 bridgehead atoms. The Balaban J connectivity index is 2.57. The van der Waals surface area contributed by atoms with Crippen molar-refractivity contribution in [1.82, 2.24) is 9.55 Å². The van der Waals surface area contributed by atoms with Gasteiger partial charge in [-0.1, -0.05) is 12.1 Å². The summed E-state index contributed by atoms with van der Waals surface area (Å²) >= 11 is 3.51. The van der Waals surface area contributed by atoms with Crippen LogP contribution in [-0.2, 0) is 13.5 Å². The molecule has 0 fully saturated rings. The number of hydrogen-bond donors (Lipinski definition) is 1. The Bertz CT molecular complexity index is 551. The first-order valence-electron chi connectivity index (χ1n) is 5.73. The summed E-state index contributed by atoms with van der Waals surface area (Å²) in [6, 6.07) is 7.90. The predicted molar refractivity (Wildman–Crippen MR) is 75.7 cm³/mol. The van der Waals surface area contributed by atoms with Gasteiger partial charge in [0.2, 0.25) is 0 Å². The first-order chi connectivity index (χ1) is 8.69. The molecule has 1 aromatic heterocycles. The van der Waals surface area contributed by atoms with Gasteiger partial charge in [-0.25, -0.2) is 4.98 Å². The monoisotopic (exact) mass is 309 g/mol. The molecule has 0 saturated heterocycles. The van der Waals surface area contributed by atoms with E-state index in [1.165, 1.54) is 0 Å². The van der Waals surface area contributed by atoms with Crippen LogP contribution in [0.25, 0.3) is 11.3 Å². The Labute approximate surface area is 115 Å². The van der Waals surface area contributed by atoms with Crippen LogP contribution in [0.5, 0.6) is 5.75 Å². The average molecular weight is 310 g/mol. The Morgan fingerprint density at radius 3 is 2.78 bits per heavy atom. The lowest BCUT2D eigenvalue weighted by Crippen LogP contribution is -2.08. The van der Waals surface area contributed by atoms with Gasteiger partial charge in [0, 0.05) is 19.0 Å². The lowest BCUT2D eigenvalue weighted by molar-refractivity contribution is 0.416. The van der Waals surface area contributed by atoms with E-state index in [1.54, 1.807) is 7.11 Å². The minimum absolute atomic E-state index is 0.586. The molecule has 2 aromatic rings. The number of benzene rings is 1. The highest BCUT2D eigenvalue weighted by Gasteiger charge is 2.16. The summed E-state index contributed by atoms with van der Waals surface area (Å²) in [5.41, 5.74) is 7.62. The van der Waals surface area contributed by atoms with Gasteiger partial charge in [0.25, 0.3) is 0 Å². The number of nitrogens with zero attached hydrogens (tertiary/aromatic N) is 2. The molecule has 0 amide bonds. The highest BCUT2D eigenvalue weighted by molar-refractivity contribution is 9.10. The highest BCUT2D eigenvalue weighted by Crippen LogP contribution is 2.34. The molecule has 0 saturated carbocycles. The molecule has 2 rings (SSSR count). The van der Waals surface area contributed by atoms with Gasteiger partial charge >= 0.3 is 0 Å². The number of ether oxygens (including phenoxy) is 1. The number of nitrogens with two attached hydrogens (primary N) is 1. The standard InChI is InChI=1S/C13H16BrN3O/c1-17-11(7-8-15)16-13(14)12(17)9-5-3-4-6-10(9)18-2/h3-6H,7-8,15H2,1-2H3. The fourth-order valence-electron chi connectivity index (χ4n) is 1.99. The number of aromatic nitrogens is 2. The summed E-state index contributed by atoms with van der Waals surface area (Å²) < 4.78 is 8.26. The molecular weight excluding hydrogens is 294 g/mol. The van der Waals surface area contributed by atoms with Crippen LogP contribution < -0.4 is 10.5 Å². The van der Waals surface area contributed by atoms with Crippen molar-refractivity contribution in [2.24, 2.45) is 12.8 Å². The van der Waals surface area contributed by atoms with Gasteiger partial charge in [0.1, 0.15) is 16.2 Å². The number of imidazole rings is 1. The molecule has 2 N–H and O–H groups in total. The maximum Gasteiger partial charge on any atom is 0.132 e. The Hall–Kier alpha value is -1.33. The van der Waals surface area contributed by atoms with E-state index in [4.69, 9.17) is 10.5 Å². The zero-order valence-electron chi connectivity index (χ0n) is 10.5. The van der Waals surface area contributed by atoms with E-state index in [0.29, 0.717) is 6.54 Å². The molecule has 96 valence electrons. The molecule has 1 heterocycles. The lowest BCUT2D eigenvalue weighted by Gasteiger charge is -2.10. The Morgan fingerprint density at radius 2 is 2.11 bits per heavy atom. The van der Waals surface area contributed by atoms with Crippen molar-refractivity contribution in [3.8, 4) is 17.0 Å². The van der Waals surface area contributed by atoms with Gasteiger partial charge in [-0.15, -0.1) is 0 Å². The van der Waals surface area contributed by atoms with Crippen LogP contribution in [0.1, 0.15) is 5.82 Å². The third-order valence-electron chi connectivity index (χ3n) is 2.88. The summed E-state index contributed by atoms with van der Waals surface area (Å²) in [6.07, 6.45) is 0.754. The molecule has 0 unspecified atom stereocenters. The van der Waals surface area contributed by atoms with Crippen LogP contribution in [0, 0.1) is 0 Å². The predicted octanol–water partition coefficient (Wildman–Crippen LogP) is 2.36. The van der Waals surface area contributed by atoms with Crippen molar-refractivity contribution in [3.05, 3.63) is 34.7 Å². The average Bonchev–Trinajstić information content (AvgIpc) is 2.65. The smallest absolute Gasteiger partial charge is 0.132 e. The Morgan fingerprint density at radius 1 is 1.39 bits per heavy atom. The van der Waals surface area contributed by atoms with Crippen molar-refractivity contribution >= 4 is 15.9 Å². The zero-order chi connectivity index (χ0) is 13.1. The van der Waals surface area contributed by atoms with Crippen molar-refractivity contribution in [2.45, 2.75) is 6.42 Å². The van der Waals surface area contributed by atoms with Crippen LogP contribution in [0.2, 0.25) is 0 Å². The van der Waals surface area contributed by atoms with Crippen LogP contribution in [0.15, 0.2) is 28.9 Å². The SMILES string of the molecule is COc1ccccc1-c1c(Br)nc(CCN)n1C. The van der Waals surface area contributed by atoms with E-state index >= 15 is 0 Å². The van der Waals surface area contributed by atoms with Gasteiger partial charge < -0.3 is 15.0 Å². The van der Waals surface area contributed by atoms with Crippen molar-refractivity contribution in [2.75, 3.05) is 13.7 Å². The van der Waals surface area contributed by atoms with Crippen LogP contribution >= 0.6 is 15.9 Å². The van der Waals surface area contributed by atoms with E-state index < -0.39 is 0 Å². The maximum atomic E-state index is 5.59. The third-order valence-corrected chi connectivity index (χ3v) is 3.43. The third kappa shape index (κ3) is 2.28. The molecule has 0 radical (unpaired) electrons. The van der Waals surface area contributed by atoms with Gasteiger partial charge in [-0.2, -0.15) is 0 Å². The number of rotatable bonds is 4. The number of methoxy groups -OCH3 is 1. The molecule has 0 atom stereocenters. The first kappa shape index (κ1) is 13.1. The molecule has 18 heavy (non-hydrogen) atoms. The molecule has 1 aromatic carbocycles. The zero-order valence-corrected chi connectivity index (χ0v) is 12.1. The minimum atomic E-state index is 0.586. The van der Waals surface area contributed by atoms with Crippen LogP contribution in [-0.4, -0.2) is 23.2 Å². The fraction of sp³-hybridized carbons (Fsp3) is 0.308. The van der Waals surface area contributed by atoms with Gasteiger partial charge in [0.15, 0.2) is 0 Å². The first-order valence-corrected chi connectivity index (χ1v) is 6.53. The van der Waals surface area contributed by atoms with Crippen molar-refractivity contribution in [3.63, 3.8) is 0 Å². The quantitative estimate of drug-likeness (QED) is 0.943. The Kier molecular flexibility index (Phi) is 4.04. The van der Waals surface area contributed by atoms with E-state index in [-0.39, 0.29) is 0 Å². The van der Waals surface area contributed by atoms with Crippen molar-refractivity contribution < 1.29 is 4.74 Å². The molecule has 0 aliphatic carbocycles. The second-order valence-corrected chi connectivity index (χ2v) is 4.72.